The molecule has 9 nitrogen and oxygen atoms in total. The van der Waals surface area contributed by atoms with Gasteiger partial charge in [-0.15, -0.1) is 11.8 Å². The molecule has 206 valence electrons. The van der Waals surface area contributed by atoms with Crippen LogP contribution in [0.25, 0.3) is 6.08 Å². The maximum atomic E-state index is 13.2. The summed E-state index contributed by atoms with van der Waals surface area (Å²) in [6.07, 6.45) is 1.44. The molecule has 0 aliphatic heterocycles. The van der Waals surface area contributed by atoms with Gasteiger partial charge in [0.15, 0.2) is 0 Å². The largest absolute Gasteiger partial charge is 0.325 e. The average molecular weight is 567 g/mol. The van der Waals surface area contributed by atoms with E-state index in [0.717, 1.165) is 16.1 Å². The number of amides is 3. The Hall–Kier alpha value is -5.22. The van der Waals surface area contributed by atoms with E-state index >= 15 is 0 Å². The Kier molecular flexibility index (Phi) is 9.63. The van der Waals surface area contributed by atoms with Gasteiger partial charge in [-0.05, 0) is 79.2 Å². The predicted octanol–water partition coefficient (Wildman–Crippen LogP) is 6.04. The van der Waals surface area contributed by atoms with Gasteiger partial charge < -0.3 is 16.0 Å². The first-order chi connectivity index (χ1) is 19.8. The maximum Gasteiger partial charge on any atom is 0.272 e. The molecule has 0 saturated heterocycles. The number of nitro benzene ring substituents is 1. The summed E-state index contributed by atoms with van der Waals surface area (Å²) in [7, 11) is 0. The Morgan fingerprint density at radius 2 is 1.41 bits per heavy atom. The van der Waals surface area contributed by atoms with Crippen LogP contribution >= 0.6 is 11.8 Å². The van der Waals surface area contributed by atoms with E-state index in [1.54, 1.807) is 54.6 Å². The molecule has 0 aliphatic carbocycles. The van der Waals surface area contributed by atoms with Gasteiger partial charge in [-0.1, -0.05) is 35.9 Å². The summed E-state index contributed by atoms with van der Waals surface area (Å²) >= 11 is 1.35. The van der Waals surface area contributed by atoms with Gasteiger partial charge >= 0.3 is 0 Å². The Balaban J connectivity index is 1.42. The highest BCUT2D eigenvalue weighted by Crippen LogP contribution is 2.22. The van der Waals surface area contributed by atoms with Crippen LogP contribution in [0, 0.1) is 17.0 Å². The van der Waals surface area contributed by atoms with Gasteiger partial charge in [0, 0.05) is 34.0 Å². The van der Waals surface area contributed by atoms with E-state index < -0.39 is 16.7 Å². The number of aryl methyl sites for hydroxylation is 1. The van der Waals surface area contributed by atoms with Crippen LogP contribution in [0.3, 0.4) is 0 Å². The first-order valence-electron chi connectivity index (χ1n) is 12.5. The second kappa shape index (κ2) is 13.7. The van der Waals surface area contributed by atoms with Crippen LogP contribution in [0.4, 0.5) is 17.1 Å². The molecule has 10 heteroatoms. The van der Waals surface area contributed by atoms with Gasteiger partial charge in [-0.25, -0.2) is 0 Å². The van der Waals surface area contributed by atoms with E-state index in [9.17, 15) is 24.5 Å². The fraction of sp³-hybridized carbons (Fsp3) is 0.0645. The minimum atomic E-state index is -0.578. The van der Waals surface area contributed by atoms with Crippen LogP contribution < -0.4 is 16.0 Å². The molecule has 0 aromatic heterocycles. The first-order valence-corrected chi connectivity index (χ1v) is 13.5. The highest BCUT2D eigenvalue weighted by Gasteiger charge is 2.16. The molecule has 0 radical (unpaired) electrons. The molecule has 0 bridgehead atoms. The molecule has 3 amide bonds. The van der Waals surface area contributed by atoms with Crippen molar-refractivity contribution in [3.05, 3.63) is 136 Å². The number of nitro groups is 1. The topological polar surface area (TPSA) is 130 Å². The highest BCUT2D eigenvalue weighted by molar-refractivity contribution is 8.00. The lowest BCUT2D eigenvalue weighted by Gasteiger charge is -2.12. The Bertz CT molecular complexity index is 1570. The summed E-state index contributed by atoms with van der Waals surface area (Å²) in [5, 5.41) is 19.2. The first kappa shape index (κ1) is 28.8. The molecule has 0 aliphatic rings. The monoisotopic (exact) mass is 566 g/mol. The van der Waals surface area contributed by atoms with E-state index in [2.05, 4.69) is 16.0 Å². The number of non-ortho nitro benzene ring substituents is 1. The third-order valence-electron chi connectivity index (χ3n) is 5.76. The van der Waals surface area contributed by atoms with E-state index in [1.807, 2.05) is 31.2 Å². The second-order valence-electron chi connectivity index (χ2n) is 8.91. The Morgan fingerprint density at radius 3 is 2.05 bits per heavy atom. The quantitative estimate of drug-likeness (QED) is 0.0928. The number of anilines is 2. The molecule has 0 atom stereocenters. The number of carbonyl (C=O) groups is 3. The Labute approximate surface area is 240 Å². The smallest absolute Gasteiger partial charge is 0.272 e. The number of benzene rings is 4. The molecule has 3 N–H and O–H groups in total. The van der Waals surface area contributed by atoms with Crippen molar-refractivity contribution in [3.63, 3.8) is 0 Å². The molecule has 0 saturated carbocycles. The summed E-state index contributed by atoms with van der Waals surface area (Å²) in [5.41, 5.74) is 3.04. The lowest BCUT2D eigenvalue weighted by molar-refractivity contribution is -0.384. The molecule has 4 aromatic carbocycles. The number of nitrogens with one attached hydrogen (secondary N) is 3. The molecule has 0 heterocycles. The van der Waals surface area contributed by atoms with E-state index in [4.69, 9.17) is 0 Å². The van der Waals surface area contributed by atoms with Crippen LogP contribution in [0.5, 0.6) is 0 Å². The van der Waals surface area contributed by atoms with Crippen molar-refractivity contribution in [1.29, 1.82) is 0 Å². The minimum absolute atomic E-state index is 0.0427. The SMILES string of the molecule is Cc1ccc(NC(=O)CSc2ccc(NC(=O)/C(=C/c3ccc([N+](=O)[O-])cc3)NC(=O)c3ccccc3)cc2)cc1. The van der Waals surface area contributed by atoms with Gasteiger partial charge in [0.25, 0.3) is 17.5 Å². The lowest BCUT2D eigenvalue weighted by Crippen LogP contribution is -2.30. The molecule has 41 heavy (non-hydrogen) atoms. The third kappa shape index (κ3) is 8.64. The summed E-state index contributed by atoms with van der Waals surface area (Å²) in [6, 6.07) is 28.5. The molecule has 4 rings (SSSR count). The summed E-state index contributed by atoms with van der Waals surface area (Å²) in [6.45, 7) is 1.98. The summed E-state index contributed by atoms with van der Waals surface area (Å²) in [4.78, 5) is 49.6. The van der Waals surface area contributed by atoms with Crippen molar-refractivity contribution in [2.75, 3.05) is 16.4 Å². The van der Waals surface area contributed by atoms with Crippen molar-refractivity contribution in [2.45, 2.75) is 11.8 Å². The minimum Gasteiger partial charge on any atom is -0.325 e. The lowest BCUT2D eigenvalue weighted by atomic mass is 10.1. The molecule has 4 aromatic rings. The second-order valence-corrected chi connectivity index (χ2v) is 9.96. The molecular weight excluding hydrogens is 540 g/mol. The van der Waals surface area contributed by atoms with Crippen LogP contribution in [-0.2, 0) is 9.59 Å². The van der Waals surface area contributed by atoms with Crippen molar-refractivity contribution in [1.82, 2.24) is 5.32 Å². The summed E-state index contributed by atoms with van der Waals surface area (Å²) in [5.74, 6) is -0.978. The number of hydrogen-bond donors (Lipinski definition) is 3. The number of nitrogens with zero attached hydrogens (tertiary/aromatic N) is 1. The zero-order valence-electron chi connectivity index (χ0n) is 22.0. The van der Waals surface area contributed by atoms with Crippen molar-refractivity contribution in [3.8, 4) is 0 Å². The Morgan fingerprint density at radius 1 is 0.805 bits per heavy atom. The van der Waals surface area contributed by atoms with Crippen LogP contribution in [0.15, 0.2) is 114 Å². The van der Waals surface area contributed by atoms with Crippen molar-refractivity contribution in [2.24, 2.45) is 0 Å². The van der Waals surface area contributed by atoms with Crippen LogP contribution in [0.2, 0.25) is 0 Å². The number of hydrogen-bond acceptors (Lipinski definition) is 6. The van der Waals surface area contributed by atoms with Crippen molar-refractivity contribution < 1.29 is 19.3 Å². The third-order valence-corrected chi connectivity index (χ3v) is 6.77. The maximum absolute atomic E-state index is 13.2. The molecule has 0 spiro atoms. The van der Waals surface area contributed by atoms with Crippen molar-refractivity contribution >= 4 is 52.6 Å². The van der Waals surface area contributed by atoms with Crippen LogP contribution in [-0.4, -0.2) is 28.4 Å². The fourth-order valence-corrected chi connectivity index (χ4v) is 4.32. The predicted molar refractivity (Wildman–Crippen MR) is 161 cm³/mol. The zero-order valence-corrected chi connectivity index (χ0v) is 22.8. The van der Waals surface area contributed by atoms with Gasteiger partial charge in [-0.2, -0.15) is 0 Å². The van der Waals surface area contributed by atoms with E-state index in [1.165, 1.54) is 42.1 Å². The van der Waals surface area contributed by atoms with E-state index in [0.29, 0.717) is 16.8 Å². The highest BCUT2D eigenvalue weighted by atomic mass is 32.2. The fourth-order valence-electron chi connectivity index (χ4n) is 3.62. The standard InChI is InChI=1S/C31H26N4O5S/c1-21-7-11-24(12-8-21)32-29(36)20-41-27-17-13-25(14-18-27)33-31(38)28(34-30(37)23-5-3-2-4-6-23)19-22-9-15-26(16-10-22)35(39)40/h2-19H,20H2,1H3,(H,32,36)(H,33,38)(H,34,37)/b28-19-. The average Bonchev–Trinajstić information content (AvgIpc) is 2.98. The number of thioether (sulfide) groups is 1. The number of rotatable bonds is 10. The molecule has 0 unspecified atom stereocenters. The normalized spacial score (nSPS) is 10.9. The van der Waals surface area contributed by atoms with Gasteiger partial charge in [0.1, 0.15) is 5.70 Å². The van der Waals surface area contributed by atoms with Gasteiger partial charge in [0.2, 0.25) is 5.91 Å². The molecule has 0 fully saturated rings. The molecular formula is C31H26N4O5S. The van der Waals surface area contributed by atoms with Gasteiger partial charge in [0.05, 0.1) is 10.7 Å². The zero-order chi connectivity index (χ0) is 29.2. The number of carbonyl (C=O) groups excluding carboxylic acids is 3. The van der Waals surface area contributed by atoms with Gasteiger partial charge in [-0.3, -0.25) is 24.5 Å². The van der Waals surface area contributed by atoms with Crippen LogP contribution in [0.1, 0.15) is 21.5 Å². The summed E-state index contributed by atoms with van der Waals surface area (Å²) < 4.78 is 0. The van der Waals surface area contributed by atoms with E-state index in [-0.39, 0.29) is 23.0 Å².